The summed E-state index contributed by atoms with van der Waals surface area (Å²) in [4.78, 5) is 22.6. The van der Waals surface area contributed by atoms with E-state index in [1.165, 1.54) is 25.3 Å². The Bertz CT molecular complexity index is 677. The predicted octanol–water partition coefficient (Wildman–Crippen LogP) is 3.30. The summed E-state index contributed by atoms with van der Waals surface area (Å²) in [5.74, 6) is -0.796. The largest absolute Gasteiger partial charge is 0.506 e. The molecule has 0 amide bonds. The first kappa shape index (κ1) is 15.0. The fourth-order valence-electron chi connectivity index (χ4n) is 1.90. The molecule has 110 valence electrons. The van der Waals surface area contributed by atoms with E-state index in [9.17, 15) is 20.0 Å². The highest BCUT2D eigenvalue weighted by molar-refractivity contribution is 7.14. The smallest absolute Gasteiger partial charge is 0.351 e. The van der Waals surface area contributed by atoms with E-state index in [1.54, 1.807) is 12.1 Å². The van der Waals surface area contributed by atoms with E-state index in [0.29, 0.717) is 0 Å². The number of hydrogen-bond donors (Lipinski definition) is 1. The lowest BCUT2D eigenvalue weighted by Crippen LogP contribution is -1.97. The van der Waals surface area contributed by atoms with E-state index in [2.05, 4.69) is 4.74 Å². The number of aromatic hydroxyl groups is 1. The van der Waals surface area contributed by atoms with Crippen LogP contribution in [-0.4, -0.2) is 23.1 Å². The summed E-state index contributed by atoms with van der Waals surface area (Å²) >= 11 is 1.15. The number of methoxy groups -OCH3 is 1. The minimum absolute atomic E-state index is 0.0234. The van der Waals surface area contributed by atoms with Gasteiger partial charge < -0.3 is 9.84 Å². The molecule has 0 spiro atoms. The number of rotatable bonds is 4. The highest BCUT2D eigenvalue weighted by Gasteiger charge is 2.20. The molecule has 0 aliphatic heterocycles. The number of nitro benzene ring substituents is 1. The summed E-state index contributed by atoms with van der Waals surface area (Å²) in [6.07, 6.45) is 0. The lowest BCUT2D eigenvalue weighted by molar-refractivity contribution is -0.384. The highest BCUT2D eigenvalue weighted by Crippen LogP contribution is 2.36. The average Bonchev–Trinajstić information content (AvgIpc) is 2.87. The third-order valence-corrected chi connectivity index (χ3v) is 4.42. The maximum absolute atomic E-state index is 11.5. The number of carbonyl (C=O) groups is 1. The Kier molecular flexibility index (Phi) is 4.23. The summed E-state index contributed by atoms with van der Waals surface area (Å²) in [6.45, 7) is 1.90. The average molecular weight is 307 g/mol. The Balaban J connectivity index is 2.29. The number of benzene rings is 1. The van der Waals surface area contributed by atoms with Gasteiger partial charge in [0.1, 0.15) is 5.75 Å². The van der Waals surface area contributed by atoms with Crippen LogP contribution in [0, 0.1) is 10.1 Å². The molecule has 0 radical (unpaired) electrons. The zero-order valence-corrected chi connectivity index (χ0v) is 12.2. The third-order valence-electron chi connectivity index (χ3n) is 3.13. The maximum Gasteiger partial charge on any atom is 0.351 e. The second-order valence-corrected chi connectivity index (χ2v) is 5.51. The van der Waals surface area contributed by atoms with Crippen molar-refractivity contribution in [2.24, 2.45) is 0 Å². The number of nitro groups is 1. The number of esters is 1. The summed E-state index contributed by atoms with van der Waals surface area (Å²) in [6, 6.07) is 7.71. The maximum atomic E-state index is 11.5. The van der Waals surface area contributed by atoms with Crippen molar-refractivity contribution in [3.63, 3.8) is 0 Å². The Morgan fingerprint density at radius 1 is 1.38 bits per heavy atom. The molecular weight excluding hydrogens is 294 g/mol. The molecule has 1 unspecified atom stereocenters. The molecule has 0 aliphatic rings. The van der Waals surface area contributed by atoms with E-state index >= 15 is 0 Å². The Morgan fingerprint density at radius 3 is 2.52 bits per heavy atom. The second kappa shape index (κ2) is 5.92. The van der Waals surface area contributed by atoms with Crippen LogP contribution in [0.5, 0.6) is 5.75 Å². The van der Waals surface area contributed by atoms with Crippen LogP contribution < -0.4 is 0 Å². The molecule has 1 atom stereocenters. The fraction of sp³-hybridized carbons (Fsp3) is 0.214. The van der Waals surface area contributed by atoms with Crippen LogP contribution in [0.4, 0.5) is 5.69 Å². The molecule has 21 heavy (non-hydrogen) atoms. The van der Waals surface area contributed by atoms with E-state index in [-0.39, 0.29) is 22.2 Å². The summed E-state index contributed by atoms with van der Waals surface area (Å²) in [5, 5.41) is 20.4. The van der Waals surface area contributed by atoms with Gasteiger partial charge in [-0.05, 0) is 11.6 Å². The van der Waals surface area contributed by atoms with Gasteiger partial charge in [-0.25, -0.2) is 4.79 Å². The zero-order chi connectivity index (χ0) is 15.6. The van der Waals surface area contributed by atoms with Crippen LogP contribution in [0.15, 0.2) is 30.3 Å². The molecule has 1 heterocycles. The van der Waals surface area contributed by atoms with Gasteiger partial charge in [0.25, 0.3) is 5.69 Å². The Hall–Kier alpha value is -2.41. The van der Waals surface area contributed by atoms with Crippen molar-refractivity contribution in [2.45, 2.75) is 12.8 Å². The molecule has 6 nitrogen and oxygen atoms in total. The van der Waals surface area contributed by atoms with Gasteiger partial charge in [0.15, 0.2) is 4.88 Å². The van der Waals surface area contributed by atoms with Crippen molar-refractivity contribution in [3.05, 3.63) is 55.8 Å². The van der Waals surface area contributed by atoms with Crippen molar-refractivity contribution in [1.29, 1.82) is 0 Å². The lowest BCUT2D eigenvalue weighted by atomic mass is 9.99. The summed E-state index contributed by atoms with van der Waals surface area (Å²) < 4.78 is 4.59. The van der Waals surface area contributed by atoms with Crippen LogP contribution in [0.3, 0.4) is 0 Å². The van der Waals surface area contributed by atoms with Crippen molar-refractivity contribution in [2.75, 3.05) is 7.11 Å². The standard InChI is InChI=1S/C14H13NO5S/c1-8(9-3-5-10(6-4-9)15(18)19)12-7-11(16)13(21-12)14(17)20-2/h3-8,16H,1-2H3. The number of nitrogens with zero attached hydrogens (tertiary/aromatic N) is 1. The first-order valence-corrected chi connectivity index (χ1v) is 6.91. The molecule has 2 rings (SSSR count). The first-order chi connectivity index (χ1) is 9.93. The number of ether oxygens (including phenoxy) is 1. The number of carbonyl (C=O) groups excluding carboxylic acids is 1. The van der Waals surface area contributed by atoms with Gasteiger partial charge in [0.05, 0.1) is 12.0 Å². The van der Waals surface area contributed by atoms with Crippen LogP contribution in [0.1, 0.15) is 33.0 Å². The Morgan fingerprint density at radius 2 is 2.00 bits per heavy atom. The molecule has 7 heteroatoms. The van der Waals surface area contributed by atoms with E-state index in [0.717, 1.165) is 21.8 Å². The van der Waals surface area contributed by atoms with Crippen LogP contribution >= 0.6 is 11.3 Å². The van der Waals surface area contributed by atoms with Gasteiger partial charge in [0, 0.05) is 22.9 Å². The molecule has 0 fully saturated rings. The normalized spacial score (nSPS) is 11.9. The lowest BCUT2D eigenvalue weighted by Gasteiger charge is -2.09. The monoisotopic (exact) mass is 307 g/mol. The third kappa shape index (κ3) is 3.03. The number of hydrogen-bond acceptors (Lipinski definition) is 6. The Labute approximate surface area is 124 Å². The quantitative estimate of drug-likeness (QED) is 0.532. The van der Waals surface area contributed by atoms with E-state index < -0.39 is 10.9 Å². The van der Waals surface area contributed by atoms with Gasteiger partial charge in [-0.3, -0.25) is 10.1 Å². The number of thiophene rings is 1. The van der Waals surface area contributed by atoms with Crippen LogP contribution in [0.2, 0.25) is 0 Å². The molecular formula is C14H13NO5S. The van der Waals surface area contributed by atoms with E-state index in [4.69, 9.17) is 0 Å². The number of non-ortho nitro benzene ring substituents is 1. The summed E-state index contributed by atoms with van der Waals surface area (Å²) in [7, 11) is 1.25. The SMILES string of the molecule is COC(=O)c1sc(C(C)c2ccc([N+](=O)[O-])cc2)cc1O. The molecule has 2 aromatic rings. The van der Waals surface area contributed by atoms with Crippen molar-refractivity contribution in [1.82, 2.24) is 0 Å². The van der Waals surface area contributed by atoms with E-state index in [1.807, 2.05) is 6.92 Å². The summed E-state index contributed by atoms with van der Waals surface area (Å²) in [5.41, 5.74) is 0.883. The van der Waals surface area contributed by atoms with Gasteiger partial charge in [-0.1, -0.05) is 19.1 Å². The predicted molar refractivity (Wildman–Crippen MR) is 77.9 cm³/mol. The van der Waals surface area contributed by atoms with Gasteiger partial charge in [0.2, 0.25) is 0 Å². The van der Waals surface area contributed by atoms with Crippen molar-refractivity contribution >= 4 is 23.0 Å². The van der Waals surface area contributed by atoms with Crippen LogP contribution in [-0.2, 0) is 4.74 Å². The molecule has 0 aliphatic carbocycles. The van der Waals surface area contributed by atoms with Crippen molar-refractivity contribution in [3.8, 4) is 5.75 Å². The van der Waals surface area contributed by atoms with Gasteiger partial charge >= 0.3 is 5.97 Å². The van der Waals surface area contributed by atoms with Gasteiger partial charge in [-0.15, -0.1) is 11.3 Å². The first-order valence-electron chi connectivity index (χ1n) is 6.09. The topological polar surface area (TPSA) is 89.7 Å². The molecule has 1 N–H and O–H groups in total. The molecule has 1 aromatic carbocycles. The zero-order valence-electron chi connectivity index (χ0n) is 11.4. The molecule has 0 saturated carbocycles. The van der Waals surface area contributed by atoms with Crippen LogP contribution in [0.25, 0.3) is 0 Å². The molecule has 0 saturated heterocycles. The highest BCUT2D eigenvalue weighted by atomic mass is 32.1. The minimum atomic E-state index is -0.584. The second-order valence-electron chi connectivity index (χ2n) is 4.43. The van der Waals surface area contributed by atoms with Gasteiger partial charge in [-0.2, -0.15) is 0 Å². The molecule has 0 bridgehead atoms. The van der Waals surface area contributed by atoms with Crippen molar-refractivity contribution < 1.29 is 19.6 Å². The molecule has 1 aromatic heterocycles. The fourth-order valence-corrected chi connectivity index (χ4v) is 2.95. The minimum Gasteiger partial charge on any atom is -0.506 e.